The molecule has 3 rings (SSSR count). The first-order valence-corrected chi connectivity index (χ1v) is 11.5. The highest BCUT2D eigenvalue weighted by molar-refractivity contribution is 8.00. The number of aromatic nitrogens is 1. The van der Waals surface area contributed by atoms with Gasteiger partial charge in [-0.15, -0.1) is 29.7 Å². The highest BCUT2D eigenvalue weighted by atomic mass is 32.2. The topological polar surface area (TPSA) is 160 Å². The largest absolute Gasteiger partial charge is 0.477 e. The summed E-state index contributed by atoms with van der Waals surface area (Å²) in [4.78, 5) is 58.9. The number of carbonyl (C=O) groups excluding carboxylic acids is 3. The fourth-order valence-electron chi connectivity index (χ4n) is 3.10. The van der Waals surface area contributed by atoms with Crippen LogP contribution >= 0.6 is 23.1 Å². The molecule has 0 radical (unpaired) electrons. The van der Waals surface area contributed by atoms with E-state index in [1.807, 2.05) is 0 Å². The van der Waals surface area contributed by atoms with E-state index in [0.717, 1.165) is 11.8 Å². The Morgan fingerprint density at radius 2 is 2.24 bits per heavy atom. The number of fused-ring (bicyclic) bond motifs is 1. The van der Waals surface area contributed by atoms with Crippen molar-refractivity contribution in [1.29, 1.82) is 0 Å². The molecule has 0 spiro atoms. The number of ether oxygens (including phenoxy) is 1. The summed E-state index contributed by atoms with van der Waals surface area (Å²) >= 11 is 2.54. The van der Waals surface area contributed by atoms with Gasteiger partial charge < -0.3 is 25.3 Å². The van der Waals surface area contributed by atoms with Gasteiger partial charge in [-0.1, -0.05) is 11.2 Å². The maximum absolute atomic E-state index is 13.0. The van der Waals surface area contributed by atoms with Crippen LogP contribution in [0.1, 0.15) is 19.0 Å². The molecule has 2 aliphatic heterocycles. The number of nitrogens with one attached hydrogen (secondary N) is 2. The molecule has 14 heteroatoms. The molecule has 0 bridgehead atoms. The van der Waals surface area contributed by atoms with Gasteiger partial charge in [-0.3, -0.25) is 19.3 Å². The van der Waals surface area contributed by atoms with Gasteiger partial charge in [0.1, 0.15) is 18.5 Å². The molecule has 0 aliphatic carbocycles. The van der Waals surface area contributed by atoms with Crippen molar-refractivity contribution < 1.29 is 33.9 Å². The van der Waals surface area contributed by atoms with Crippen LogP contribution < -0.4 is 10.6 Å². The molecule has 1 aromatic rings. The third kappa shape index (κ3) is 5.34. The van der Waals surface area contributed by atoms with Crippen LogP contribution in [0.3, 0.4) is 0 Å². The first-order valence-electron chi connectivity index (χ1n) is 9.56. The van der Waals surface area contributed by atoms with Gasteiger partial charge in [0.05, 0.1) is 11.8 Å². The number of carbonyl (C=O) groups is 4. The first kappa shape index (κ1) is 24.3. The van der Waals surface area contributed by atoms with E-state index in [-0.39, 0.29) is 46.1 Å². The quantitative estimate of drug-likeness (QED) is 0.105. The van der Waals surface area contributed by atoms with E-state index < -0.39 is 24.1 Å². The Hall–Kier alpha value is -3.39. The summed E-state index contributed by atoms with van der Waals surface area (Å²) in [5.74, 6) is -3.16. The summed E-state index contributed by atoms with van der Waals surface area (Å²) in [6.45, 7) is 5.19. The van der Waals surface area contributed by atoms with Gasteiger partial charge in [0.15, 0.2) is 10.8 Å². The van der Waals surface area contributed by atoms with Crippen LogP contribution in [0.2, 0.25) is 0 Å². The van der Waals surface area contributed by atoms with Crippen molar-refractivity contribution in [2.24, 2.45) is 5.16 Å². The van der Waals surface area contributed by atoms with Crippen molar-refractivity contribution in [2.45, 2.75) is 24.9 Å². The Labute approximate surface area is 196 Å². The third-order valence-electron chi connectivity index (χ3n) is 4.49. The van der Waals surface area contributed by atoms with E-state index in [9.17, 15) is 24.3 Å². The molecule has 2 atom stereocenters. The Bertz CT molecular complexity index is 1050. The number of rotatable bonds is 10. The van der Waals surface area contributed by atoms with E-state index in [1.54, 1.807) is 11.5 Å². The van der Waals surface area contributed by atoms with Crippen molar-refractivity contribution in [3.63, 3.8) is 0 Å². The SMILES string of the molecule is C=CCNc1nc(C(=NOC)C(=O)NC(OC(C)=O)C2=C(C(=O)O)N3C(=O)C[C@H]3SC2)cs1. The van der Waals surface area contributed by atoms with Crippen LogP contribution in [0.15, 0.2) is 34.5 Å². The predicted molar refractivity (Wildman–Crippen MR) is 120 cm³/mol. The Kier molecular flexibility index (Phi) is 7.71. The number of amides is 2. The van der Waals surface area contributed by atoms with Gasteiger partial charge in [-0.05, 0) is 0 Å². The highest BCUT2D eigenvalue weighted by Crippen LogP contribution is 2.40. The van der Waals surface area contributed by atoms with Crippen LogP contribution in [0, 0.1) is 0 Å². The number of thiazole rings is 1. The maximum atomic E-state index is 13.0. The summed E-state index contributed by atoms with van der Waals surface area (Å²) < 4.78 is 5.23. The van der Waals surface area contributed by atoms with Crippen molar-refractivity contribution >= 4 is 57.7 Å². The number of thioether (sulfide) groups is 1. The summed E-state index contributed by atoms with van der Waals surface area (Å²) in [6.07, 6.45) is 0.420. The lowest BCUT2D eigenvalue weighted by Gasteiger charge is -2.44. The van der Waals surface area contributed by atoms with E-state index >= 15 is 0 Å². The molecule has 3 N–H and O–H groups in total. The van der Waals surface area contributed by atoms with Crippen LogP contribution in [0.5, 0.6) is 0 Å². The molecular weight excluding hydrogens is 474 g/mol. The summed E-state index contributed by atoms with van der Waals surface area (Å²) in [7, 11) is 1.25. The molecule has 2 aliphatic rings. The minimum atomic E-state index is -1.44. The third-order valence-corrected chi connectivity index (χ3v) is 6.53. The second-order valence-electron chi connectivity index (χ2n) is 6.71. The molecule has 12 nitrogen and oxygen atoms in total. The highest BCUT2D eigenvalue weighted by Gasteiger charge is 2.47. The van der Waals surface area contributed by atoms with Gasteiger partial charge >= 0.3 is 11.9 Å². The molecule has 1 fully saturated rings. The number of carboxylic acid groups (broad SMARTS) is 1. The number of carboxylic acids is 1. The van der Waals surface area contributed by atoms with Crippen LogP contribution in [0.4, 0.5) is 5.13 Å². The number of hydrogen-bond donors (Lipinski definition) is 3. The molecule has 0 saturated carbocycles. The summed E-state index contributed by atoms with van der Waals surface area (Å²) in [5, 5.41) is 20.7. The molecule has 2 amide bonds. The lowest BCUT2D eigenvalue weighted by molar-refractivity contribution is -0.149. The smallest absolute Gasteiger partial charge is 0.352 e. The van der Waals surface area contributed by atoms with E-state index in [2.05, 4.69) is 27.4 Å². The number of hydrogen-bond acceptors (Lipinski definition) is 11. The summed E-state index contributed by atoms with van der Waals surface area (Å²) in [5.41, 5.74) is -0.257. The zero-order valence-electron chi connectivity index (χ0n) is 17.7. The molecule has 3 heterocycles. The molecule has 0 aromatic carbocycles. The monoisotopic (exact) mass is 495 g/mol. The van der Waals surface area contributed by atoms with Gasteiger partial charge in [0, 0.05) is 30.2 Å². The van der Waals surface area contributed by atoms with Gasteiger partial charge in [-0.2, -0.15) is 0 Å². The standard InChI is InChI=1S/C19H21N5O7S2/c1-4-5-20-19-21-11(8-33-19)14(23-30-3)16(27)22-17(31-9(2)25)10-7-32-13-6-12(26)24(13)15(10)18(28)29/h4,8,13,17H,1,5-7H2,2-3H3,(H,20,21)(H,22,27)(H,28,29)/t13-,17?/m1/s1. The predicted octanol–water partition coefficient (Wildman–Crippen LogP) is 0.741. The average Bonchev–Trinajstić information content (AvgIpc) is 3.22. The van der Waals surface area contributed by atoms with Crippen LogP contribution in [0.25, 0.3) is 0 Å². The molecule has 1 saturated heterocycles. The van der Waals surface area contributed by atoms with Crippen LogP contribution in [-0.4, -0.2) is 75.5 Å². The lowest BCUT2D eigenvalue weighted by Crippen LogP contribution is -2.56. The number of oxime groups is 1. The van der Waals surface area contributed by atoms with Crippen molar-refractivity contribution in [1.82, 2.24) is 15.2 Å². The molecule has 1 unspecified atom stereocenters. The second kappa shape index (κ2) is 10.5. The van der Waals surface area contributed by atoms with Gasteiger partial charge in [-0.25, -0.2) is 9.78 Å². The zero-order valence-corrected chi connectivity index (χ0v) is 19.3. The fourth-order valence-corrected chi connectivity index (χ4v) is 5.10. The Balaban J connectivity index is 1.91. The van der Waals surface area contributed by atoms with Gasteiger partial charge in [0.2, 0.25) is 12.1 Å². The number of aliphatic carboxylic acids is 1. The molecule has 33 heavy (non-hydrogen) atoms. The van der Waals surface area contributed by atoms with E-state index in [4.69, 9.17) is 9.57 Å². The number of β-lactam (4-membered cyclic amide) rings is 1. The maximum Gasteiger partial charge on any atom is 0.352 e. The lowest BCUT2D eigenvalue weighted by atomic mass is 10.1. The zero-order chi connectivity index (χ0) is 24.1. The minimum Gasteiger partial charge on any atom is -0.477 e. The minimum absolute atomic E-state index is 0.0729. The normalized spacial score (nSPS) is 18.6. The molecule has 176 valence electrons. The number of nitrogens with zero attached hydrogens (tertiary/aromatic N) is 3. The van der Waals surface area contributed by atoms with E-state index in [0.29, 0.717) is 11.7 Å². The second-order valence-corrected chi connectivity index (χ2v) is 8.73. The summed E-state index contributed by atoms with van der Waals surface area (Å²) in [6, 6.07) is 0. The number of anilines is 1. The Morgan fingerprint density at radius 3 is 2.85 bits per heavy atom. The average molecular weight is 496 g/mol. The van der Waals surface area contributed by atoms with E-state index in [1.165, 1.54) is 30.2 Å². The first-order chi connectivity index (χ1) is 15.8. The molecule has 1 aromatic heterocycles. The number of esters is 1. The molecular formula is C19H21N5O7S2. The van der Waals surface area contributed by atoms with Crippen LogP contribution in [-0.2, 0) is 28.8 Å². The van der Waals surface area contributed by atoms with Gasteiger partial charge in [0.25, 0.3) is 5.91 Å². The fraction of sp³-hybridized carbons (Fsp3) is 0.368. The van der Waals surface area contributed by atoms with Crippen molar-refractivity contribution in [2.75, 3.05) is 24.7 Å². The van der Waals surface area contributed by atoms with Crippen molar-refractivity contribution in [3.8, 4) is 0 Å². The van der Waals surface area contributed by atoms with Crippen molar-refractivity contribution in [3.05, 3.63) is 35.0 Å². The Morgan fingerprint density at radius 1 is 1.48 bits per heavy atom.